The van der Waals surface area contributed by atoms with Gasteiger partial charge >= 0.3 is 0 Å². The largest absolute Gasteiger partial charge is 0.491 e. The zero-order valence-corrected chi connectivity index (χ0v) is 12.3. The smallest absolute Gasteiger partial charge is 0.223 e. The van der Waals surface area contributed by atoms with E-state index in [1.165, 1.54) is 0 Å². The van der Waals surface area contributed by atoms with Gasteiger partial charge in [-0.1, -0.05) is 18.6 Å². The van der Waals surface area contributed by atoms with Gasteiger partial charge in [0.05, 0.1) is 6.61 Å². The lowest BCUT2D eigenvalue weighted by Crippen LogP contribution is -2.34. The van der Waals surface area contributed by atoms with Crippen LogP contribution in [0.1, 0.15) is 24.8 Å². The topological polar surface area (TPSA) is 84.6 Å². The van der Waals surface area contributed by atoms with E-state index >= 15 is 0 Å². The van der Waals surface area contributed by atoms with Crippen LogP contribution in [0.25, 0.3) is 0 Å². The molecule has 1 aromatic carbocycles. The summed E-state index contributed by atoms with van der Waals surface area (Å²) >= 11 is 0. The van der Waals surface area contributed by atoms with Gasteiger partial charge in [-0.15, -0.1) is 0 Å². The highest BCUT2D eigenvalue weighted by molar-refractivity contribution is 5.79. The SMILES string of the molecule is NC[C@H]1CCC[C@H]1C(=O)NCc1ccc(OCCO)cc1. The van der Waals surface area contributed by atoms with Gasteiger partial charge in [0.2, 0.25) is 5.91 Å². The van der Waals surface area contributed by atoms with Gasteiger partial charge in [-0.2, -0.15) is 0 Å². The molecule has 2 rings (SSSR count). The molecule has 0 unspecified atom stereocenters. The van der Waals surface area contributed by atoms with E-state index in [4.69, 9.17) is 15.6 Å². The highest BCUT2D eigenvalue weighted by atomic mass is 16.5. The molecule has 1 aromatic rings. The van der Waals surface area contributed by atoms with Gasteiger partial charge < -0.3 is 20.9 Å². The minimum absolute atomic E-state index is 0.00149. The van der Waals surface area contributed by atoms with Crippen LogP contribution in [0, 0.1) is 11.8 Å². The average molecular weight is 292 g/mol. The van der Waals surface area contributed by atoms with Gasteiger partial charge in [-0.25, -0.2) is 0 Å². The molecule has 4 N–H and O–H groups in total. The van der Waals surface area contributed by atoms with Crippen LogP contribution in [0.4, 0.5) is 0 Å². The zero-order valence-electron chi connectivity index (χ0n) is 12.3. The van der Waals surface area contributed by atoms with Crippen molar-refractivity contribution < 1.29 is 14.6 Å². The Morgan fingerprint density at radius 3 is 2.76 bits per heavy atom. The molecular weight excluding hydrogens is 268 g/mol. The summed E-state index contributed by atoms with van der Waals surface area (Å²) in [6, 6.07) is 7.52. The fourth-order valence-electron chi connectivity index (χ4n) is 2.85. The second-order valence-electron chi connectivity index (χ2n) is 5.47. The number of nitrogens with one attached hydrogen (secondary N) is 1. The van der Waals surface area contributed by atoms with E-state index in [1.807, 2.05) is 24.3 Å². The van der Waals surface area contributed by atoms with Crippen LogP contribution in [-0.4, -0.2) is 30.8 Å². The number of aliphatic hydroxyl groups is 1. The predicted molar refractivity (Wildman–Crippen MR) is 80.8 cm³/mol. The minimum atomic E-state index is 0.00149. The van der Waals surface area contributed by atoms with Crippen molar-refractivity contribution in [3.8, 4) is 5.75 Å². The molecule has 2 atom stereocenters. The number of aliphatic hydroxyl groups excluding tert-OH is 1. The van der Waals surface area contributed by atoms with Crippen LogP contribution in [0.2, 0.25) is 0 Å². The number of carbonyl (C=O) groups excluding carboxylic acids is 1. The first-order chi connectivity index (χ1) is 10.2. The van der Waals surface area contributed by atoms with Crippen LogP contribution in [-0.2, 0) is 11.3 Å². The van der Waals surface area contributed by atoms with Crippen LogP contribution in [0.15, 0.2) is 24.3 Å². The summed E-state index contributed by atoms with van der Waals surface area (Å²) in [6.45, 7) is 1.40. The number of carbonyl (C=O) groups is 1. The Labute approximate surface area is 125 Å². The van der Waals surface area contributed by atoms with E-state index in [1.54, 1.807) is 0 Å². The third-order valence-electron chi connectivity index (χ3n) is 4.05. The molecule has 1 amide bonds. The number of nitrogens with two attached hydrogens (primary N) is 1. The third-order valence-corrected chi connectivity index (χ3v) is 4.05. The average Bonchev–Trinajstić information content (AvgIpc) is 3.00. The molecule has 5 nitrogen and oxygen atoms in total. The highest BCUT2D eigenvalue weighted by Crippen LogP contribution is 2.31. The molecule has 1 saturated carbocycles. The Hall–Kier alpha value is -1.59. The second kappa shape index (κ2) is 8.00. The van der Waals surface area contributed by atoms with Crippen LogP contribution in [0.5, 0.6) is 5.75 Å². The Morgan fingerprint density at radius 1 is 1.33 bits per heavy atom. The number of hydrogen-bond acceptors (Lipinski definition) is 4. The monoisotopic (exact) mass is 292 g/mol. The van der Waals surface area contributed by atoms with Gasteiger partial charge in [0.25, 0.3) is 0 Å². The predicted octanol–water partition coefficient (Wildman–Crippen LogP) is 1.05. The van der Waals surface area contributed by atoms with Gasteiger partial charge in [0.15, 0.2) is 0 Å². The summed E-state index contributed by atoms with van der Waals surface area (Å²) in [4.78, 5) is 12.2. The summed E-state index contributed by atoms with van der Waals surface area (Å²) in [5.74, 6) is 1.24. The summed E-state index contributed by atoms with van der Waals surface area (Å²) in [6.07, 6.45) is 3.10. The van der Waals surface area contributed by atoms with Crippen molar-refractivity contribution in [3.05, 3.63) is 29.8 Å². The number of amides is 1. The molecule has 1 aliphatic rings. The van der Waals surface area contributed by atoms with Crippen LogP contribution >= 0.6 is 0 Å². The molecule has 1 fully saturated rings. The standard InChI is InChI=1S/C16H24N2O3/c17-10-13-2-1-3-15(13)16(20)18-11-12-4-6-14(7-5-12)21-9-8-19/h4-7,13,15,19H,1-3,8-11,17H2,(H,18,20)/t13-,15-/m1/s1. The van der Waals surface area contributed by atoms with E-state index < -0.39 is 0 Å². The van der Waals surface area contributed by atoms with Crippen LogP contribution in [0.3, 0.4) is 0 Å². The normalized spacial score (nSPS) is 21.2. The molecule has 0 heterocycles. The molecule has 0 radical (unpaired) electrons. The molecule has 0 aromatic heterocycles. The molecule has 0 bridgehead atoms. The van der Waals surface area contributed by atoms with Crippen molar-refractivity contribution >= 4 is 5.91 Å². The fraction of sp³-hybridized carbons (Fsp3) is 0.562. The number of benzene rings is 1. The van der Waals surface area contributed by atoms with Gasteiger partial charge in [-0.05, 0) is 43.0 Å². The van der Waals surface area contributed by atoms with Gasteiger partial charge in [0, 0.05) is 12.5 Å². The lowest BCUT2D eigenvalue weighted by atomic mass is 9.95. The Balaban J connectivity index is 1.81. The Kier molecular flexibility index (Phi) is 6.02. The van der Waals surface area contributed by atoms with Crippen molar-refractivity contribution in [2.45, 2.75) is 25.8 Å². The molecule has 0 saturated heterocycles. The van der Waals surface area contributed by atoms with Crippen LogP contribution < -0.4 is 15.8 Å². The van der Waals surface area contributed by atoms with E-state index in [-0.39, 0.29) is 25.0 Å². The molecule has 5 heteroatoms. The number of rotatable bonds is 7. The molecule has 0 spiro atoms. The molecular formula is C16H24N2O3. The van der Waals surface area contributed by atoms with Crippen molar-refractivity contribution in [1.29, 1.82) is 0 Å². The van der Waals surface area contributed by atoms with Crippen molar-refractivity contribution in [1.82, 2.24) is 5.32 Å². The summed E-state index contributed by atoms with van der Waals surface area (Å²) in [5.41, 5.74) is 6.74. The first kappa shape index (κ1) is 15.8. The second-order valence-corrected chi connectivity index (χ2v) is 5.47. The fourth-order valence-corrected chi connectivity index (χ4v) is 2.85. The van der Waals surface area contributed by atoms with Gasteiger partial charge in [0.1, 0.15) is 12.4 Å². The third kappa shape index (κ3) is 4.44. The molecule has 0 aliphatic heterocycles. The minimum Gasteiger partial charge on any atom is -0.491 e. The first-order valence-electron chi connectivity index (χ1n) is 7.55. The zero-order chi connectivity index (χ0) is 15.1. The Bertz CT molecular complexity index is 447. The number of ether oxygens (including phenoxy) is 1. The first-order valence-corrected chi connectivity index (χ1v) is 7.55. The molecule has 21 heavy (non-hydrogen) atoms. The van der Waals surface area contributed by atoms with Crippen molar-refractivity contribution in [3.63, 3.8) is 0 Å². The molecule has 1 aliphatic carbocycles. The summed E-state index contributed by atoms with van der Waals surface area (Å²) in [5, 5.41) is 11.7. The summed E-state index contributed by atoms with van der Waals surface area (Å²) in [7, 11) is 0. The number of hydrogen-bond donors (Lipinski definition) is 3. The highest BCUT2D eigenvalue weighted by Gasteiger charge is 2.31. The van der Waals surface area contributed by atoms with E-state index in [9.17, 15) is 4.79 Å². The maximum Gasteiger partial charge on any atom is 0.223 e. The quantitative estimate of drug-likeness (QED) is 0.701. The summed E-state index contributed by atoms with van der Waals surface area (Å²) < 4.78 is 5.29. The van der Waals surface area contributed by atoms with E-state index in [0.29, 0.717) is 19.0 Å². The maximum atomic E-state index is 12.2. The van der Waals surface area contributed by atoms with Crippen molar-refractivity contribution in [2.24, 2.45) is 17.6 Å². The lowest BCUT2D eigenvalue weighted by molar-refractivity contribution is -0.126. The van der Waals surface area contributed by atoms with Crippen molar-refractivity contribution in [2.75, 3.05) is 19.8 Å². The van der Waals surface area contributed by atoms with Gasteiger partial charge in [-0.3, -0.25) is 4.79 Å². The maximum absolute atomic E-state index is 12.2. The van der Waals surface area contributed by atoms with E-state index in [0.717, 1.165) is 30.6 Å². The Morgan fingerprint density at radius 2 is 2.10 bits per heavy atom. The lowest BCUT2D eigenvalue weighted by Gasteiger charge is -2.17. The molecule has 116 valence electrons. The van der Waals surface area contributed by atoms with E-state index in [2.05, 4.69) is 5.32 Å².